The lowest BCUT2D eigenvalue weighted by Crippen LogP contribution is -2.04. The molecule has 2 unspecified atom stereocenters. The number of fused-ring (bicyclic) bond motifs is 4. The van der Waals surface area contributed by atoms with Gasteiger partial charge in [0.25, 0.3) is 0 Å². The Morgan fingerprint density at radius 1 is 0.393 bits per heavy atom. The van der Waals surface area contributed by atoms with Crippen LogP contribution < -0.4 is 0 Å². The fourth-order valence-corrected chi connectivity index (χ4v) is 10.6. The predicted octanol–water partition coefficient (Wildman–Crippen LogP) is 17.3. The summed E-state index contributed by atoms with van der Waals surface area (Å²) >= 11 is 1.31. The van der Waals surface area contributed by atoms with E-state index in [1.165, 1.54) is 129 Å². The lowest BCUT2D eigenvalue weighted by molar-refractivity contribution is 0.450. The van der Waals surface area contributed by atoms with Crippen LogP contribution in [0.4, 0.5) is 0 Å². The fourth-order valence-electron chi connectivity index (χ4n) is 10.00. The average molecular weight is 815 g/mol. The molecule has 2 atom stereocenters. The van der Waals surface area contributed by atoms with Crippen LogP contribution in [0.3, 0.4) is 0 Å². The first-order valence-electron chi connectivity index (χ1n) is 23.0. The van der Waals surface area contributed by atoms with Crippen LogP contribution in [0.25, 0.3) is 87.9 Å². The minimum Gasteiger partial charge on any atom is -0.172 e. The van der Waals surface area contributed by atoms with E-state index in [0.29, 0.717) is 0 Å². The Morgan fingerprint density at radius 3 is 1.13 bits per heavy atom. The Bertz CT molecular complexity index is 2720. The van der Waals surface area contributed by atoms with Gasteiger partial charge in [-0.05, 0) is 102 Å². The molecule has 1 aromatic heterocycles. The van der Waals surface area contributed by atoms with E-state index in [1.54, 1.807) is 0 Å². The highest BCUT2D eigenvalue weighted by Crippen LogP contribution is 2.44. The van der Waals surface area contributed by atoms with Gasteiger partial charge in [0.2, 0.25) is 0 Å². The minimum atomic E-state index is 0.730. The smallest absolute Gasteiger partial charge is 0.113 e. The van der Waals surface area contributed by atoms with Crippen molar-refractivity contribution in [1.29, 1.82) is 0 Å². The first-order chi connectivity index (χ1) is 30.1. The fraction of sp³-hybridized carbons (Fsp3) is 0.276. The monoisotopic (exact) mass is 814 g/mol. The summed E-state index contributed by atoms with van der Waals surface area (Å²) < 4.78 is 9.99. The van der Waals surface area contributed by atoms with E-state index in [2.05, 4.69) is 173 Å². The van der Waals surface area contributed by atoms with E-state index < -0.39 is 0 Å². The minimum absolute atomic E-state index is 0.730. The van der Waals surface area contributed by atoms with Gasteiger partial charge in [-0.3, -0.25) is 0 Å². The second kappa shape index (κ2) is 18.5. The topological polar surface area (TPSA) is 25.8 Å². The maximum atomic E-state index is 4.99. The maximum absolute atomic E-state index is 4.99. The molecule has 8 aromatic carbocycles. The van der Waals surface area contributed by atoms with Crippen LogP contribution in [-0.2, 0) is 12.8 Å². The van der Waals surface area contributed by atoms with Crippen molar-refractivity contribution in [2.75, 3.05) is 0 Å². The van der Waals surface area contributed by atoms with Crippen molar-refractivity contribution in [3.8, 4) is 44.5 Å². The highest BCUT2D eigenvalue weighted by atomic mass is 32.1. The second-order valence-corrected chi connectivity index (χ2v) is 17.8. The quantitative estimate of drug-likeness (QED) is 0.0971. The molecule has 0 saturated heterocycles. The number of rotatable bonds is 16. The van der Waals surface area contributed by atoms with Gasteiger partial charge >= 0.3 is 0 Å². The zero-order chi connectivity index (χ0) is 41.7. The molecule has 306 valence electrons. The summed E-state index contributed by atoms with van der Waals surface area (Å²) in [6, 6.07) is 54.6. The lowest BCUT2D eigenvalue weighted by atomic mass is 9.86. The molecule has 0 N–H and O–H groups in total. The van der Waals surface area contributed by atoms with E-state index >= 15 is 0 Å². The standard InChI is InChI=1S/C58H58N2S/c1-5-9-17-39(7-3)37-45-33-35-49(51-21-13-11-19-47(45)51)41-25-29-43(30-26-41)55-53-23-15-16-24-54(53)56(58-57(55)59-61-60-58)44-31-27-42(28-32-44)50-36-34-46(38-40(8-4)18-10-6-2)48-20-12-14-22-52(48)50/h11-16,19-36,39-40H,5-10,17-18,37-38H2,1-4H3. The summed E-state index contributed by atoms with van der Waals surface area (Å²) in [5.74, 6) is 1.46. The Balaban J connectivity index is 1.06. The summed E-state index contributed by atoms with van der Waals surface area (Å²) in [5, 5.41) is 7.82. The number of unbranched alkanes of at least 4 members (excludes halogenated alkanes) is 2. The van der Waals surface area contributed by atoms with E-state index in [4.69, 9.17) is 8.75 Å². The van der Waals surface area contributed by atoms with Gasteiger partial charge < -0.3 is 0 Å². The highest BCUT2D eigenvalue weighted by molar-refractivity contribution is 7.00. The van der Waals surface area contributed by atoms with Gasteiger partial charge in [0.15, 0.2) is 0 Å². The van der Waals surface area contributed by atoms with Crippen molar-refractivity contribution in [3.05, 3.63) is 157 Å². The molecule has 0 fully saturated rings. The molecule has 0 radical (unpaired) electrons. The number of hydrogen-bond donors (Lipinski definition) is 0. The van der Waals surface area contributed by atoms with Gasteiger partial charge in [0, 0.05) is 11.1 Å². The van der Waals surface area contributed by atoms with Crippen molar-refractivity contribution >= 4 is 55.1 Å². The van der Waals surface area contributed by atoms with Crippen LogP contribution >= 0.6 is 11.7 Å². The molecule has 3 heteroatoms. The summed E-state index contributed by atoms with van der Waals surface area (Å²) in [7, 11) is 0. The van der Waals surface area contributed by atoms with Crippen molar-refractivity contribution in [1.82, 2.24) is 8.75 Å². The summed E-state index contributed by atoms with van der Waals surface area (Å²) in [5.41, 5.74) is 14.5. The third-order valence-electron chi connectivity index (χ3n) is 13.5. The molecule has 0 aliphatic rings. The second-order valence-electron chi connectivity index (χ2n) is 17.3. The highest BCUT2D eigenvalue weighted by Gasteiger charge is 2.21. The van der Waals surface area contributed by atoms with Crippen LogP contribution in [-0.4, -0.2) is 8.75 Å². The van der Waals surface area contributed by atoms with E-state index in [-0.39, 0.29) is 0 Å². The SMILES string of the molecule is CCCCC(CC)Cc1ccc(-c2ccc(-c3c4ccccc4c(-c4ccc(-c5ccc(CC(CC)CCCC)c6ccccc56)cc4)c4nsnc34)cc2)c2ccccc12. The van der Waals surface area contributed by atoms with Crippen molar-refractivity contribution < 1.29 is 0 Å². The molecule has 0 amide bonds. The average Bonchev–Trinajstić information content (AvgIpc) is 3.80. The van der Waals surface area contributed by atoms with Crippen molar-refractivity contribution in [2.24, 2.45) is 11.8 Å². The zero-order valence-corrected chi connectivity index (χ0v) is 37.2. The summed E-state index contributed by atoms with van der Waals surface area (Å²) in [6.45, 7) is 9.29. The molecular weight excluding hydrogens is 757 g/mol. The number of benzene rings is 8. The van der Waals surface area contributed by atoms with Crippen LogP contribution in [0.5, 0.6) is 0 Å². The zero-order valence-electron chi connectivity index (χ0n) is 36.4. The summed E-state index contributed by atoms with van der Waals surface area (Å²) in [6.07, 6.45) is 12.5. The third kappa shape index (κ3) is 8.13. The third-order valence-corrected chi connectivity index (χ3v) is 14.1. The molecule has 9 rings (SSSR count). The lowest BCUT2D eigenvalue weighted by Gasteiger charge is -2.18. The van der Waals surface area contributed by atoms with Crippen LogP contribution in [0.2, 0.25) is 0 Å². The first-order valence-corrected chi connectivity index (χ1v) is 23.7. The van der Waals surface area contributed by atoms with E-state index in [0.717, 1.165) is 58.0 Å². The van der Waals surface area contributed by atoms with Gasteiger partial charge in [-0.2, -0.15) is 8.75 Å². The molecule has 1 heterocycles. The molecule has 61 heavy (non-hydrogen) atoms. The van der Waals surface area contributed by atoms with Crippen LogP contribution in [0, 0.1) is 11.8 Å². The summed E-state index contributed by atoms with van der Waals surface area (Å²) in [4.78, 5) is 0. The van der Waals surface area contributed by atoms with Gasteiger partial charge in [-0.1, -0.05) is 225 Å². The van der Waals surface area contributed by atoms with Crippen molar-refractivity contribution in [3.63, 3.8) is 0 Å². The molecule has 0 saturated carbocycles. The van der Waals surface area contributed by atoms with Gasteiger partial charge in [0.1, 0.15) is 11.0 Å². The molecule has 0 aliphatic carbocycles. The molecule has 2 nitrogen and oxygen atoms in total. The van der Waals surface area contributed by atoms with Crippen LogP contribution in [0.1, 0.15) is 90.2 Å². The number of hydrogen-bond acceptors (Lipinski definition) is 3. The number of aromatic nitrogens is 2. The maximum Gasteiger partial charge on any atom is 0.113 e. The molecule has 0 spiro atoms. The van der Waals surface area contributed by atoms with Gasteiger partial charge in [-0.25, -0.2) is 0 Å². The van der Waals surface area contributed by atoms with E-state index in [1.807, 2.05) is 0 Å². The Labute approximate surface area is 367 Å². The van der Waals surface area contributed by atoms with E-state index in [9.17, 15) is 0 Å². The normalized spacial score (nSPS) is 12.8. The molecule has 0 bridgehead atoms. The van der Waals surface area contributed by atoms with Crippen LogP contribution in [0.15, 0.2) is 146 Å². The van der Waals surface area contributed by atoms with Crippen molar-refractivity contribution in [2.45, 2.75) is 91.9 Å². The molecule has 0 aliphatic heterocycles. The largest absolute Gasteiger partial charge is 0.172 e. The molecular formula is C58H58N2S. The first kappa shape index (κ1) is 40.7. The Morgan fingerprint density at radius 2 is 0.754 bits per heavy atom. The Hall–Kier alpha value is -5.64. The number of nitrogens with zero attached hydrogens (tertiary/aromatic N) is 2. The molecule has 9 aromatic rings. The predicted molar refractivity (Wildman–Crippen MR) is 266 cm³/mol. The Kier molecular flexibility index (Phi) is 12.4. The van der Waals surface area contributed by atoms with Gasteiger partial charge in [-0.15, -0.1) is 0 Å². The van der Waals surface area contributed by atoms with Gasteiger partial charge in [0.05, 0.1) is 11.7 Å².